The highest BCUT2D eigenvalue weighted by Crippen LogP contribution is 2.23. The maximum atomic E-state index is 11.6. The highest BCUT2D eigenvalue weighted by Gasteiger charge is 2.11. The second-order valence-electron chi connectivity index (χ2n) is 4.18. The number of amides is 1. The SMILES string of the molecule is CCCNC(=O)C(C)NCc1ccc(O)c(Cl)c1. The van der Waals surface area contributed by atoms with E-state index in [1.165, 1.54) is 0 Å². The summed E-state index contributed by atoms with van der Waals surface area (Å²) in [5.41, 5.74) is 0.924. The summed E-state index contributed by atoms with van der Waals surface area (Å²) in [6.45, 7) is 5.04. The highest BCUT2D eigenvalue weighted by molar-refractivity contribution is 6.32. The second kappa shape index (κ2) is 7.24. The number of carbonyl (C=O) groups excluding carboxylic acids is 1. The summed E-state index contributed by atoms with van der Waals surface area (Å²) < 4.78 is 0. The van der Waals surface area contributed by atoms with Gasteiger partial charge in [0.1, 0.15) is 5.75 Å². The maximum absolute atomic E-state index is 11.6. The van der Waals surface area contributed by atoms with Gasteiger partial charge in [0.2, 0.25) is 5.91 Å². The van der Waals surface area contributed by atoms with Crippen molar-refractivity contribution in [2.24, 2.45) is 0 Å². The summed E-state index contributed by atoms with van der Waals surface area (Å²) in [4.78, 5) is 11.6. The van der Waals surface area contributed by atoms with Crippen LogP contribution in [0.3, 0.4) is 0 Å². The summed E-state index contributed by atoms with van der Waals surface area (Å²) in [6, 6.07) is 4.73. The van der Waals surface area contributed by atoms with Crippen LogP contribution in [-0.4, -0.2) is 23.6 Å². The van der Waals surface area contributed by atoms with E-state index >= 15 is 0 Å². The van der Waals surface area contributed by atoms with Crippen LogP contribution in [0.15, 0.2) is 18.2 Å². The zero-order valence-corrected chi connectivity index (χ0v) is 11.4. The van der Waals surface area contributed by atoms with Gasteiger partial charge in [0, 0.05) is 13.1 Å². The first-order chi connectivity index (χ1) is 8.54. The Morgan fingerprint density at radius 3 is 2.83 bits per heavy atom. The smallest absolute Gasteiger partial charge is 0.236 e. The third kappa shape index (κ3) is 4.55. The fraction of sp³-hybridized carbons (Fsp3) is 0.462. The van der Waals surface area contributed by atoms with E-state index in [0.717, 1.165) is 12.0 Å². The maximum Gasteiger partial charge on any atom is 0.236 e. The van der Waals surface area contributed by atoms with Gasteiger partial charge >= 0.3 is 0 Å². The number of nitrogens with one attached hydrogen (secondary N) is 2. The van der Waals surface area contributed by atoms with Crippen LogP contribution in [0, 0.1) is 0 Å². The third-order valence-corrected chi connectivity index (χ3v) is 2.87. The normalized spacial score (nSPS) is 12.2. The van der Waals surface area contributed by atoms with E-state index in [9.17, 15) is 9.90 Å². The summed E-state index contributed by atoms with van der Waals surface area (Å²) in [7, 11) is 0. The van der Waals surface area contributed by atoms with Crippen molar-refractivity contribution in [2.75, 3.05) is 6.54 Å². The van der Waals surface area contributed by atoms with Gasteiger partial charge in [0.05, 0.1) is 11.1 Å². The minimum absolute atomic E-state index is 0.0123. The Labute approximate surface area is 112 Å². The molecule has 18 heavy (non-hydrogen) atoms. The van der Waals surface area contributed by atoms with Gasteiger partial charge in [-0.1, -0.05) is 24.6 Å². The number of aromatic hydroxyl groups is 1. The fourth-order valence-corrected chi connectivity index (χ4v) is 1.63. The summed E-state index contributed by atoms with van der Waals surface area (Å²) in [5, 5.41) is 15.5. The Morgan fingerprint density at radius 2 is 2.22 bits per heavy atom. The van der Waals surface area contributed by atoms with Gasteiger partial charge in [-0.2, -0.15) is 0 Å². The van der Waals surface area contributed by atoms with Crippen LogP contribution in [0.5, 0.6) is 5.75 Å². The molecule has 0 saturated carbocycles. The van der Waals surface area contributed by atoms with Crippen molar-refractivity contribution in [3.8, 4) is 5.75 Å². The Bertz CT molecular complexity index is 410. The molecule has 4 nitrogen and oxygen atoms in total. The lowest BCUT2D eigenvalue weighted by Gasteiger charge is -2.14. The molecule has 100 valence electrons. The summed E-state index contributed by atoms with van der Waals surface area (Å²) in [5.74, 6) is 0.0517. The molecule has 0 aliphatic heterocycles. The van der Waals surface area contributed by atoms with E-state index in [2.05, 4.69) is 10.6 Å². The number of halogens is 1. The molecule has 1 atom stereocenters. The number of phenols is 1. The van der Waals surface area contributed by atoms with E-state index in [1.807, 2.05) is 13.8 Å². The predicted molar refractivity (Wildman–Crippen MR) is 72.7 cm³/mol. The quantitative estimate of drug-likeness (QED) is 0.741. The first-order valence-corrected chi connectivity index (χ1v) is 6.41. The van der Waals surface area contributed by atoms with Crippen molar-refractivity contribution in [2.45, 2.75) is 32.9 Å². The molecule has 0 aliphatic carbocycles. The van der Waals surface area contributed by atoms with Crippen molar-refractivity contribution in [1.29, 1.82) is 0 Å². The number of phenolic OH excluding ortho intramolecular Hbond substituents is 1. The van der Waals surface area contributed by atoms with E-state index in [1.54, 1.807) is 18.2 Å². The van der Waals surface area contributed by atoms with Crippen LogP contribution < -0.4 is 10.6 Å². The molecular weight excluding hydrogens is 252 g/mol. The molecule has 1 aromatic rings. The van der Waals surface area contributed by atoms with Gasteiger partial charge in [-0.15, -0.1) is 0 Å². The lowest BCUT2D eigenvalue weighted by atomic mass is 10.2. The van der Waals surface area contributed by atoms with Crippen LogP contribution in [0.2, 0.25) is 5.02 Å². The number of rotatable bonds is 6. The fourth-order valence-electron chi connectivity index (χ4n) is 1.43. The average molecular weight is 271 g/mol. The molecule has 0 spiro atoms. The Hall–Kier alpha value is -1.26. The minimum Gasteiger partial charge on any atom is -0.506 e. The Balaban J connectivity index is 2.44. The summed E-state index contributed by atoms with van der Waals surface area (Å²) >= 11 is 5.80. The molecule has 1 aromatic carbocycles. The zero-order valence-electron chi connectivity index (χ0n) is 10.7. The lowest BCUT2D eigenvalue weighted by molar-refractivity contribution is -0.122. The molecule has 1 amide bonds. The molecule has 3 N–H and O–H groups in total. The number of benzene rings is 1. The van der Waals surface area contributed by atoms with E-state index in [-0.39, 0.29) is 17.7 Å². The Kier molecular flexibility index (Phi) is 5.95. The Morgan fingerprint density at radius 1 is 1.50 bits per heavy atom. The average Bonchev–Trinajstić information content (AvgIpc) is 2.36. The number of hydrogen-bond donors (Lipinski definition) is 3. The van der Waals surface area contributed by atoms with Crippen LogP contribution in [0.1, 0.15) is 25.8 Å². The molecule has 5 heteroatoms. The molecule has 0 aromatic heterocycles. The van der Waals surface area contributed by atoms with Crippen molar-refractivity contribution < 1.29 is 9.90 Å². The number of carbonyl (C=O) groups is 1. The van der Waals surface area contributed by atoms with Crippen LogP contribution in [-0.2, 0) is 11.3 Å². The summed E-state index contributed by atoms with van der Waals surface area (Å²) in [6.07, 6.45) is 0.923. The first kappa shape index (κ1) is 14.8. The van der Waals surface area contributed by atoms with Crippen molar-refractivity contribution >= 4 is 17.5 Å². The molecule has 0 bridgehead atoms. The molecule has 0 aliphatic rings. The van der Waals surface area contributed by atoms with Crippen LogP contribution in [0.25, 0.3) is 0 Å². The highest BCUT2D eigenvalue weighted by atomic mass is 35.5. The molecule has 0 saturated heterocycles. The van der Waals surface area contributed by atoms with Crippen LogP contribution in [0.4, 0.5) is 0 Å². The molecular formula is C13H19ClN2O2. The molecule has 0 heterocycles. The second-order valence-corrected chi connectivity index (χ2v) is 4.59. The topological polar surface area (TPSA) is 61.4 Å². The number of hydrogen-bond acceptors (Lipinski definition) is 3. The van der Waals surface area contributed by atoms with E-state index < -0.39 is 0 Å². The molecule has 1 rings (SSSR count). The molecule has 0 radical (unpaired) electrons. The monoisotopic (exact) mass is 270 g/mol. The van der Waals surface area contributed by atoms with E-state index in [4.69, 9.17) is 11.6 Å². The molecule has 0 fully saturated rings. The van der Waals surface area contributed by atoms with Gasteiger partial charge in [0.15, 0.2) is 0 Å². The van der Waals surface area contributed by atoms with Gasteiger partial charge < -0.3 is 15.7 Å². The van der Waals surface area contributed by atoms with Crippen molar-refractivity contribution in [3.05, 3.63) is 28.8 Å². The van der Waals surface area contributed by atoms with Crippen molar-refractivity contribution in [1.82, 2.24) is 10.6 Å². The van der Waals surface area contributed by atoms with Crippen molar-refractivity contribution in [3.63, 3.8) is 0 Å². The van der Waals surface area contributed by atoms with Gasteiger partial charge in [-0.05, 0) is 31.0 Å². The molecule has 1 unspecified atom stereocenters. The van der Waals surface area contributed by atoms with Crippen LogP contribution >= 0.6 is 11.6 Å². The first-order valence-electron chi connectivity index (χ1n) is 6.03. The third-order valence-electron chi connectivity index (χ3n) is 2.57. The largest absolute Gasteiger partial charge is 0.506 e. The van der Waals surface area contributed by atoms with Gasteiger partial charge in [0.25, 0.3) is 0 Å². The lowest BCUT2D eigenvalue weighted by Crippen LogP contribution is -2.42. The van der Waals surface area contributed by atoms with Gasteiger partial charge in [-0.25, -0.2) is 0 Å². The standard InChI is InChI=1S/C13H19ClN2O2/c1-3-6-15-13(18)9(2)16-8-10-4-5-12(17)11(14)7-10/h4-5,7,9,16-17H,3,6,8H2,1-2H3,(H,15,18). The predicted octanol–water partition coefficient (Wildman–Crippen LogP) is 2.05. The minimum atomic E-state index is -0.260. The van der Waals surface area contributed by atoms with Gasteiger partial charge in [-0.3, -0.25) is 4.79 Å². The van der Waals surface area contributed by atoms with E-state index in [0.29, 0.717) is 18.1 Å². The zero-order chi connectivity index (χ0) is 13.5.